The Bertz CT molecular complexity index is 278. The first-order valence-electron chi connectivity index (χ1n) is 7.99. The van der Waals surface area contributed by atoms with E-state index in [0.29, 0.717) is 12.6 Å². The second kappa shape index (κ2) is 7.88. The number of esters is 1. The maximum atomic E-state index is 12.4. The number of carbonyl (C=O) groups is 1. The molecule has 19 heavy (non-hydrogen) atoms. The molecule has 1 fully saturated rings. The summed E-state index contributed by atoms with van der Waals surface area (Å²) in [7, 11) is 0. The predicted octanol–water partition coefficient (Wildman–Crippen LogP) is 3.67. The van der Waals surface area contributed by atoms with Crippen LogP contribution in [0.15, 0.2) is 0 Å². The Morgan fingerprint density at radius 2 is 2.05 bits per heavy atom. The highest BCUT2D eigenvalue weighted by molar-refractivity contribution is 5.81. The van der Waals surface area contributed by atoms with Crippen LogP contribution in [0.5, 0.6) is 0 Å². The highest BCUT2D eigenvalue weighted by atomic mass is 16.5. The molecule has 2 atom stereocenters. The van der Waals surface area contributed by atoms with Gasteiger partial charge in [-0.1, -0.05) is 32.6 Å². The Morgan fingerprint density at radius 3 is 2.63 bits per heavy atom. The molecule has 0 heterocycles. The molecule has 1 aliphatic carbocycles. The number of hydrogen-bond acceptors (Lipinski definition) is 3. The van der Waals surface area contributed by atoms with Crippen LogP contribution in [0.25, 0.3) is 0 Å². The van der Waals surface area contributed by atoms with E-state index < -0.39 is 5.54 Å². The van der Waals surface area contributed by atoms with Crippen molar-refractivity contribution in [3.05, 3.63) is 0 Å². The standard InChI is InChI=1S/C16H31NO2/c1-5-8-14-9-7-11-16(12-10-14,17-13(3)4)15(18)19-6-2/h13-14,17H,5-12H2,1-4H3. The van der Waals surface area contributed by atoms with E-state index in [1.165, 1.54) is 19.3 Å². The molecule has 0 radical (unpaired) electrons. The zero-order chi connectivity index (χ0) is 14.3. The van der Waals surface area contributed by atoms with Crippen molar-refractivity contribution in [1.29, 1.82) is 0 Å². The molecule has 3 nitrogen and oxygen atoms in total. The smallest absolute Gasteiger partial charge is 0.326 e. The molecule has 1 rings (SSSR count). The average molecular weight is 269 g/mol. The van der Waals surface area contributed by atoms with E-state index in [4.69, 9.17) is 4.74 Å². The lowest BCUT2D eigenvalue weighted by molar-refractivity contribution is -0.152. The van der Waals surface area contributed by atoms with E-state index in [1.807, 2.05) is 6.92 Å². The monoisotopic (exact) mass is 269 g/mol. The number of hydrogen-bond donors (Lipinski definition) is 1. The fraction of sp³-hybridized carbons (Fsp3) is 0.938. The Kier molecular flexibility index (Phi) is 6.84. The topological polar surface area (TPSA) is 38.3 Å². The van der Waals surface area contributed by atoms with Crippen LogP contribution in [0.4, 0.5) is 0 Å². The van der Waals surface area contributed by atoms with Crippen LogP contribution in [0.3, 0.4) is 0 Å². The second-order valence-corrected chi connectivity index (χ2v) is 6.19. The van der Waals surface area contributed by atoms with E-state index in [1.54, 1.807) is 0 Å². The summed E-state index contributed by atoms with van der Waals surface area (Å²) in [5, 5.41) is 3.51. The highest BCUT2D eigenvalue weighted by Gasteiger charge is 2.41. The maximum absolute atomic E-state index is 12.4. The summed E-state index contributed by atoms with van der Waals surface area (Å²) in [4.78, 5) is 12.4. The van der Waals surface area contributed by atoms with E-state index in [9.17, 15) is 4.79 Å². The van der Waals surface area contributed by atoms with Crippen molar-refractivity contribution in [3.8, 4) is 0 Å². The van der Waals surface area contributed by atoms with Gasteiger partial charge < -0.3 is 4.74 Å². The molecule has 2 unspecified atom stereocenters. The van der Waals surface area contributed by atoms with Gasteiger partial charge in [0.05, 0.1) is 6.61 Å². The fourth-order valence-corrected chi connectivity index (χ4v) is 3.34. The zero-order valence-corrected chi connectivity index (χ0v) is 13.1. The summed E-state index contributed by atoms with van der Waals surface area (Å²) < 4.78 is 5.33. The molecule has 1 aliphatic rings. The summed E-state index contributed by atoms with van der Waals surface area (Å²) in [6, 6.07) is 0.312. The first-order chi connectivity index (χ1) is 9.04. The lowest BCUT2D eigenvalue weighted by Gasteiger charge is -2.33. The summed E-state index contributed by atoms with van der Waals surface area (Å²) in [5.41, 5.74) is -0.438. The lowest BCUT2D eigenvalue weighted by Crippen LogP contribution is -2.55. The first kappa shape index (κ1) is 16.5. The number of rotatable bonds is 6. The molecule has 0 aromatic carbocycles. The molecule has 3 heteroatoms. The molecule has 0 saturated heterocycles. The van der Waals surface area contributed by atoms with E-state index in [0.717, 1.165) is 31.6 Å². The van der Waals surface area contributed by atoms with Crippen molar-refractivity contribution < 1.29 is 9.53 Å². The molecule has 0 spiro atoms. The largest absolute Gasteiger partial charge is 0.465 e. The van der Waals surface area contributed by atoms with E-state index in [-0.39, 0.29) is 5.97 Å². The van der Waals surface area contributed by atoms with Crippen LogP contribution in [0, 0.1) is 5.92 Å². The highest BCUT2D eigenvalue weighted by Crippen LogP contribution is 2.34. The van der Waals surface area contributed by atoms with Gasteiger partial charge in [-0.3, -0.25) is 10.1 Å². The summed E-state index contributed by atoms with van der Waals surface area (Å²) in [6.45, 7) is 8.82. The molecule has 0 aliphatic heterocycles. The molecular formula is C16H31NO2. The number of carbonyl (C=O) groups excluding carboxylic acids is 1. The van der Waals surface area contributed by atoms with Crippen LogP contribution in [0.1, 0.15) is 72.6 Å². The van der Waals surface area contributed by atoms with Gasteiger partial charge in [-0.05, 0) is 46.0 Å². The normalized spacial score (nSPS) is 28.2. The summed E-state index contributed by atoms with van der Waals surface area (Å²) in [6.07, 6.45) is 7.92. The Hall–Kier alpha value is -0.570. The molecule has 1 N–H and O–H groups in total. The molecule has 0 bridgehead atoms. The predicted molar refractivity (Wildman–Crippen MR) is 79.1 cm³/mol. The van der Waals surface area contributed by atoms with Crippen molar-refractivity contribution in [3.63, 3.8) is 0 Å². The minimum Gasteiger partial charge on any atom is -0.465 e. The van der Waals surface area contributed by atoms with Crippen LogP contribution in [-0.2, 0) is 9.53 Å². The Morgan fingerprint density at radius 1 is 1.32 bits per heavy atom. The SMILES string of the molecule is CCCC1CCCC(NC(C)C)(C(=O)OCC)CC1. The van der Waals surface area contributed by atoms with Crippen molar-refractivity contribution in [2.75, 3.05) is 6.61 Å². The van der Waals surface area contributed by atoms with Crippen molar-refractivity contribution in [1.82, 2.24) is 5.32 Å². The fourth-order valence-electron chi connectivity index (χ4n) is 3.34. The van der Waals surface area contributed by atoms with Crippen LogP contribution in [0.2, 0.25) is 0 Å². The number of ether oxygens (including phenoxy) is 1. The molecule has 0 amide bonds. The van der Waals surface area contributed by atoms with E-state index >= 15 is 0 Å². The Labute approximate surface area is 118 Å². The average Bonchev–Trinajstić information content (AvgIpc) is 2.53. The molecule has 112 valence electrons. The summed E-state index contributed by atoms with van der Waals surface area (Å²) in [5.74, 6) is 0.746. The van der Waals surface area contributed by atoms with E-state index in [2.05, 4.69) is 26.1 Å². The third-order valence-corrected chi connectivity index (χ3v) is 4.12. The maximum Gasteiger partial charge on any atom is 0.326 e. The van der Waals surface area contributed by atoms with Gasteiger partial charge >= 0.3 is 5.97 Å². The number of nitrogens with one attached hydrogen (secondary N) is 1. The van der Waals surface area contributed by atoms with Crippen LogP contribution < -0.4 is 5.32 Å². The van der Waals surface area contributed by atoms with Gasteiger partial charge in [0.2, 0.25) is 0 Å². The van der Waals surface area contributed by atoms with Crippen molar-refractivity contribution in [2.45, 2.75) is 84.2 Å². The molecule has 0 aromatic rings. The van der Waals surface area contributed by atoms with Crippen LogP contribution in [-0.4, -0.2) is 24.2 Å². The van der Waals surface area contributed by atoms with Gasteiger partial charge in [0.1, 0.15) is 5.54 Å². The van der Waals surface area contributed by atoms with Gasteiger partial charge in [0.25, 0.3) is 0 Å². The van der Waals surface area contributed by atoms with Crippen molar-refractivity contribution >= 4 is 5.97 Å². The minimum absolute atomic E-state index is 0.0409. The van der Waals surface area contributed by atoms with Crippen molar-refractivity contribution in [2.24, 2.45) is 5.92 Å². The zero-order valence-electron chi connectivity index (χ0n) is 13.1. The third-order valence-electron chi connectivity index (χ3n) is 4.12. The first-order valence-corrected chi connectivity index (χ1v) is 7.99. The van der Waals surface area contributed by atoms with Gasteiger partial charge in [0.15, 0.2) is 0 Å². The van der Waals surface area contributed by atoms with Gasteiger partial charge in [0, 0.05) is 6.04 Å². The Balaban J connectivity index is 2.76. The molecule has 1 saturated carbocycles. The van der Waals surface area contributed by atoms with Gasteiger partial charge in [-0.2, -0.15) is 0 Å². The van der Waals surface area contributed by atoms with Gasteiger partial charge in [-0.25, -0.2) is 0 Å². The summed E-state index contributed by atoms with van der Waals surface area (Å²) >= 11 is 0. The van der Waals surface area contributed by atoms with Crippen LogP contribution >= 0.6 is 0 Å². The molecule has 0 aromatic heterocycles. The lowest BCUT2D eigenvalue weighted by atomic mass is 9.88. The quantitative estimate of drug-likeness (QED) is 0.590. The minimum atomic E-state index is -0.438. The second-order valence-electron chi connectivity index (χ2n) is 6.19. The molecular weight excluding hydrogens is 238 g/mol. The van der Waals surface area contributed by atoms with Gasteiger partial charge in [-0.15, -0.1) is 0 Å². The third kappa shape index (κ3) is 4.79.